The molecule has 1 atom stereocenters. The Balaban J connectivity index is 1.84. The van der Waals surface area contributed by atoms with Crippen molar-refractivity contribution in [2.75, 3.05) is 13.3 Å². The molecular weight excluding hydrogens is 573 g/mol. The van der Waals surface area contributed by atoms with Gasteiger partial charge < -0.3 is 15.4 Å². The Morgan fingerprint density at radius 2 is 1.82 bits per heavy atom. The van der Waals surface area contributed by atoms with Crippen LogP contribution in [0.4, 0.5) is 17.6 Å². The van der Waals surface area contributed by atoms with Crippen molar-refractivity contribution in [2.45, 2.75) is 24.6 Å². The van der Waals surface area contributed by atoms with E-state index in [9.17, 15) is 22.4 Å². The first kappa shape index (κ1) is 27.9. The van der Waals surface area contributed by atoms with Crippen LogP contribution in [0.15, 0.2) is 52.8 Å². The monoisotopic (exact) mass is 589 g/mol. The van der Waals surface area contributed by atoms with Crippen molar-refractivity contribution >= 4 is 63.4 Å². The van der Waals surface area contributed by atoms with E-state index >= 15 is 0 Å². The summed E-state index contributed by atoms with van der Waals surface area (Å²) in [5, 5.41) is 7.84. The van der Waals surface area contributed by atoms with E-state index in [2.05, 4.69) is 10.3 Å². The summed E-state index contributed by atoms with van der Waals surface area (Å²) in [4.78, 5) is 22.2. The van der Waals surface area contributed by atoms with Crippen molar-refractivity contribution < 1.29 is 32.0 Å². The van der Waals surface area contributed by atoms with Crippen LogP contribution in [-0.2, 0) is 21.7 Å². The molecule has 1 amide bonds. The van der Waals surface area contributed by atoms with E-state index in [1.54, 1.807) is 24.3 Å². The van der Waals surface area contributed by atoms with Gasteiger partial charge in [-0.05, 0) is 34.5 Å². The molecule has 1 aliphatic rings. The second kappa shape index (κ2) is 11.0. The largest absolute Gasteiger partial charge is 0.435 e. The molecule has 0 bridgehead atoms. The van der Waals surface area contributed by atoms with E-state index in [1.165, 1.54) is 12.3 Å². The number of nitrogens with two attached hydrogens (primary N) is 1. The van der Waals surface area contributed by atoms with E-state index in [0.717, 1.165) is 12.1 Å². The van der Waals surface area contributed by atoms with E-state index < -0.39 is 30.8 Å². The molecule has 3 aromatic rings. The number of carbonyl (C=O) groups excluding carboxylic acids is 1. The number of primary amides is 1. The van der Waals surface area contributed by atoms with Crippen LogP contribution >= 0.6 is 34.8 Å². The SMILES string of the molecule is NC(=O)c1c(CC=NOCCF)cc(C2=NOC(c3cc(Cl)c(Cl)c(Cl)c3)(C(F)(F)F)C2)c2ccccc12. The number of hydrogen-bond donors (Lipinski definition) is 1. The van der Waals surface area contributed by atoms with Gasteiger partial charge in [0.05, 0.1) is 26.3 Å². The van der Waals surface area contributed by atoms with Gasteiger partial charge in [0.25, 0.3) is 5.60 Å². The maximum atomic E-state index is 14.5. The Morgan fingerprint density at radius 1 is 1.16 bits per heavy atom. The predicted octanol–water partition coefficient (Wildman–Crippen LogP) is 7.00. The summed E-state index contributed by atoms with van der Waals surface area (Å²) in [6.07, 6.45) is -4.34. The van der Waals surface area contributed by atoms with E-state index in [4.69, 9.17) is 50.2 Å². The van der Waals surface area contributed by atoms with Gasteiger partial charge >= 0.3 is 6.18 Å². The molecule has 6 nitrogen and oxygen atoms in total. The van der Waals surface area contributed by atoms with Gasteiger partial charge in [-0.1, -0.05) is 69.4 Å². The number of oxime groups is 2. The summed E-state index contributed by atoms with van der Waals surface area (Å²) in [5.74, 6) is -0.750. The fourth-order valence-electron chi connectivity index (χ4n) is 4.24. The van der Waals surface area contributed by atoms with Crippen molar-refractivity contribution in [1.29, 1.82) is 0 Å². The van der Waals surface area contributed by atoms with Gasteiger partial charge in [0.15, 0.2) is 0 Å². The lowest BCUT2D eigenvalue weighted by atomic mass is 9.84. The minimum atomic E-state index is -4.93. The highest BCUT2D eigenvalue weighted by Crippen LogP contribution is 2.51. The zero-order valence-corrected chi connectivity index (χ0v) is 21.6. The Bertz CT molecular complexity index is 1440. The fourth-order valence-corrected chi connectivity index (χ4v) is 4.83. The van der Waals surface area contributed by atoms with Crippen LogP contribution < -0.4 is 5.73 Å². The van der Waals surface area contributed by atoms with Crippen LogP contribution in [0.5, 0.6) is 0 Å². The molecule has 3 aromatic carbocycles. The standard InChI is InChI=1S/C25H18Cl3F4N3O3/c26-18-10-14(11-19(27)22(18)28)24(25(30,31)32)12-20(35-38-24)17-9-13(5-7-34-37-8-6-29)21(23(33)36)16-4-2-1-3-15(16)17/h1-4,7,9-11H,5-6,8,12H2,(H2,33,36). The average Bonchev–Trinajstić information content (AvgIpc) is 3.33. The summed E-state index contributed by atoms with van der Waals surface area (Å²) in [7, 11) is 0. The highest BCUT2D eigenvalue weighted by molar-refractivity contribution is 6.48. The first-order valence-corrected chi connectivity index (χ1v) is 12.1. The molecule has 1 aliphatic heterocycles. The van der Waals surface area contributed by atoms with Crippen LogP contribution in [0.25, 0.3) is 10.8 Å². The number of halogens is 7. The van der Waals surface area contributed by atoms with Crippen molar-refractivity contribution in [1.82, 2.24) is 0 Å². The first-order valence-electron chi connectivity index (χ1n) is 11.0. The molecule has 13 heteroatoms. The van der Waals surface area contributed by atoms with Gasteiger partial charge in [-0.25, -0.2) is 4.39 Å². The van der Waals surface area contributed by atoms with Gasteiger partial charge in [-0.15, -0.1) is 0 Å². The Morgan fingerprint density at radius 3 is 2.42 bits per heavy atom. The lowest BCUT2D eigenvalue weighted by molar-refractivity contribution is -0.275. The summed E-state index contributed by atoms with van der Waals surface area (Å²) in [6, 6.07) is 10.1. The number of amides is 1. The third-order valence-corrected chi connectivity index (χ3v) is 7.15. The molecule has 38 heavy (non-hydrogen) atoms. The molecular formula is C25H18Cl3F4N3O3. The molecule has 1 unspecified atom stereocenters. The van der Waals surface area contributed by atoms with Crippen molar-refractivity contribution in [3.63, 3.8) is 0 Å². The molecule has 0 saturated carbocycles. The van der Waals surface area contributed by atoms with E-state index in [1.807, 2.05) is 0 Å². The molecule has 0 fully saturated rings. The summed E-state index contributed by atoms with van der Waals surface area (Å²) >= 11 is 18.0. The van der Waals surface area contributed by atoms with Crippen LogP contribution in [0.3, 0.4) is 0 Å². The minimum Gasteiger partial charge on any atom is -0.393 e. The molecule has 200 valence electrons. The molecule has 2 N–H and O–H groups in total. The number of alkyl halides is 4. The summed E-state index contributed by atoms with van der Waals surface area (Å²) < 4.78 is 55.9. The quantitative estimate of drug-likeness (QED) is 0.101. The number of fused-ring (bicyclic) bond motifs is 1. The maximum Gasteiger partial charge on any atom is 0.435 e. The van der Waals surface area contributed by atoms with E-state index in [0.29, 0.717) is 16.3 Å². The van der Waals surface area contributed by atoms with Crippen LogP contribution in [-0.4, -0.2) is 37.3 Å². The minimum absolute atomic E-state index is 0.0172. The van der Waals surface area contributed by atoms with Gasteiger partial charge in [-0.2, -0.15) is 13.2 Å². The Labute approximate surface area is 228 Å². The Kier molecular flexibility index (Phi) is 8.06. The van der Waals surface area contributed by atoms with Gasteiger partial charge in [0.1, 0.15) is 13.3 Å². The fraction of sp³-hybridized carbons (Fsp3) is 0.240. The smallest absolute Gasteiger partial charge is 0.393 e. The normalized spacial score (nSPS) is 17.6. The van der Waals surface area contributed by atoms with Crippen molar-refractivity contribution in [3.05, 3.63) is 79.8 Å². The molecule has 4 rings (SSSR count). The van der Waals surface area contributed by atoms with Gasteiger partial charge in [0, 0.05) is 30.2 Å². The zero-order valence-electron chi connectivity index (χ0n) is 19.3. The molecule has 0 aliphatic carbocycles. The number of carbonyl (C=O) groups is 1. The molecule has 0 radical (unpaired) electrons. The highest BCUT2D eigenvalue weighted by Gasteiger charge is 2.62. The summed E-state index contributed by atoms with van der Waals surface area (Å²) in [6.45, 7) is -0.997. The molecule has 0 aromatic heterocycles. The van der Waals surface area contributed by atoms with Crippen molar-refractivity contribution in [2.24, 2.45) is 16.0 Å². The van der Waals surface area contributed by atoms with Gasteiger partial charge in [0.2, 0.25) is 5.91 Å². The summed E-state index contributed by atoms with van der Waals surface area (Å²) in [5.41, 5.74) is 3.13. The van der Waals surface area contributed by atoms with Crippen LogP contribution in [0.1, 0.15) is 33.5 Å². The van der Waals surface area contributed by atoms with Crippen molar-refractivity contribution in [3.8, 4) is 0 Å². The second-order valence-electron chi connectivity index (χ2n) is 8.27. The first-order chi connectivity index (χ1) is 18.0. The molecule has 1 heterocycles. The van der Waals surface area contributed by atoms with Gasteiger partial charge in [-0.3, -0.25) is 4.79 Å². The van der Waals surface area contributed by atoms with Crippen LogP contribution in [0.2, 0.25) is 15.1 Å². The number of benzene rings is 3. The van der Waals surface area contributed by atoms with E-state index in [-0.39, 0.29) is 50.5 Å². The Hall–Kier alpha value is -3.08. The highest BCUT2D eigenvalue weighted by atomic mass is 35.5. The topological polar surface area (TPSA) is 86.3 Å². The predicted molar refractivity (Wildman–Crippen MR) is 138 cm³/mol. The average molecular weight is 591 g/mol. The number of nitrogens with zero attached hydrogens (tertiary/aromatic N) is 2. The van der Waals surface area contributed by atoms with Crippen LogP contribution in [0, 0.1) is 0 Å². The lowest BCUT2D eigenvalue weighted by Crippen LogP contribution is -2.42. The number of rotatable bonds is 8. The second-order valence-corrected chi connectivity index (χ2v) is 9.46. The lowest BCUT2D eigenvalue weighted by Gasteiger charge is -2.30. The third kappa shape index (κ3) is 5.12. The maximum absolute atomic E-state index is 14.5. The molecule has 0 saturated heterocycles. The molecule has 0 spiro atoms. The third-order valence-electron chi connectivity index (χ3n) is 5.95. The zero-order chi connectivity index (χ0) is 27.7. The number of hydrogen-bond acceptors (Lipinski definition) is 5.